The normalized spacial score (nSPS) is 11.1. The predicted molar refractivity (Wildman–Crippen MR) is 146 cm³/mol. The number of amides is 1. The van der Waals surface area contributed by atoms with Crippen molar-refractivity contribution in [2.75, 3.05) is 11.9 Å². The second-order valence-electron chi connectivity index (χ2n) is 8.58. The first-order chi connectivity index (χ1) is 18.2. The van der Waals surface area contributed by atoms with E-state index in [1.165, 1.54) is 22.7 Å². The number of hydrogen-bond donors (Lipinski definition) is 2. The second-order valence-corrected chi connectivity index (χ2v) is 9.50. The highest BCUT2D eigenvalue weighted by Gasteiger charge is 2.11. The molecule has 188 valence electrons. The van der Waals surface area contributed by atoms with Gasteiger partial charge in [0.25, 0.3) is 11.1 Å². The standard InChI is InChI=1S/C29H28N4O3S/c1-2-35-24-15-13-23(14-16-24)31-28(34)21-8-5-7-20(17-21)19-37-29-33-32-27(36-29)12-6-9-22-18-30-26-11-4-3-10-25(22)26/h3-5,7-8,10-11,13-18,30H,2,6,9,12,19H2,1H3,(H,31,34). The third-order valence-electron chi connectivity index (χ3n) is 5.93. The molecule has 7 nitrogen and oxygen atoms in total. The smallest absolute Gasteiger partial charge is 0.276 e. The van der Waals surface area contributed by atoms with Gasteiger partial charge in [-0.05, 0) is 73.4 Å². The predicted octanol–water partition coefficient (Wildman–Crippen LogP) is 6.67. The molecule has 0 bridgehead atoms. The number of rotatable bonds is 11. The van der Waals surface area contributed by atoms with E-state index in [0.717, 1.165) is 41.8 Å². The molecule has 5 rings (SSSR count). The monoisotopic (exact) mass is 512 g/mol. The van der Waals surface area contributed by atoms with Crippen LogP contribution in [0.15, 0.2) is 88.6 Å². The Kier molecular flexibility index (Phi) is 7.86. The fourth-order valence-electron chi connectivity index (χ4n) is 4.12. The number of ether oxygens (including phenoxy) is 1. The molecule has 2 N–H and O–H groups in total. The van der Waals surface area contributed by atoms with Crippen LogP contribution in [0.4, 0.5) is 5.69 Å². The number of carbonyl (C=O) groups excluding carboxylic acids is 1. The minimum Gasteiger partial charge on any atom is -0.494 e. The number of hydrogen-bond acceptors (Lipinski definition) is 6. The summed E-state index contributed by atoms with van der Waals surface area (Å²) in [5.74, 6) is 1.89. The van der Waals surface area contributed by atoms with E-state index in [2.05, 4.69) is 44.9 Å². The van der Waals surface area contributed by atoms with Crippen molar-refractivity contribution in [3.05, 3.63) is 102 Å². The molecular formula is C29H28N4O3S. The summed E-state index contributed by atoms with van der Waals surface area (Å²) >= 11 is 1.47. The quantitative estimate of drug-likeness (QED) is 0.192. The van der Waals surface area contributed by atoms with Gasteiger partial charge in [0.2, 0.25) is 5.89 Å². The van der Waals surface area contributed by atoms with E-state index >= 15 is 0 Å². The first-order valence-corrected chi connectivity index (χ1v) is 13.3. The van der Waals surface area contributed by atoms with Gasteiger partial charge in [-0.2, -0.15) is 0 Å². The molecule has 3 aromatic carbocycles. The van der Waals surface area contributed by atoms with Gasteiger partial charge in [0, 0.05) is 40.5 Å². The zero-order valence-electron chi connectivity index (χ0n) is 20.6. The van der Waals surface area contributed by atoms with Gasteiger partial charge in [-0.1, -0.05) is 42.1 Å². The maximum atomic E-state index is 12.7. The van der Waals surface area contributed by atoms with Gasteiger partial charge >= 0.3 is 0 Å². The SMILES string of the molecule is CCOc1ccc(NC(=O)c2cccc(CSc3nnc(CCCc4c[nH]c5ccccc45)o3)c2)cc1. The summed E-state index contributed by atoms with van der Waals surface area (Å²) in [6.07, 6.45) is 4.68. The lowest BCUT2D eigenvalue weighted by Crippen LogP contribution is -2.12. The van der Waals surface area contributed by atoms with Crippen LogP contribution in [0.1, 0.15) is 40.7 Å². The van der Waals surface area contributed by atoms with Gasteiger partial charge in [-0.25, -0.2) is 0 Å². The molecule has 0 fully saturated rings. The number of benzene rings is 3. The fourth-order valence-corrected chi connectivity index (χ4v) is 4.84. The van der Waals surface area contributed by atoms with Crippen LogP contribution in [-0.4, -0.2) is 27.7 Å². The number of H-pyrrole nitrogens is 1. The van der Waals surface area contributed by atoms with Crippen molar-refractivity contribution in [2.24, 2.45) is 0 Å². The summed E-state index contributed by atoms with van der Waals surface area (Å²) in [5, 5.41) is 13.1. The second kappa shape index (κ2) is 11.8. The molecule has 0 saturated heterocycles. The van der Waals surface area contributed by atoms with Crippen LogP contribution in [0, 0.1) is 0 Å². The average molecular weight is 513 g/mol. The maximum absolute atomic E-state index is 12.7. The van der Waals surface area contributed by atoms with E-state index in [9.17, 15) is 4.79 Å². The maximum Gasteiger partial charge on any atom is 0.276 e. The molecule has 0 radical (unpaired) electrons. The van der Waals surface area contributed by atoms with Crippen molar-refractivity contribution in [3.63, 3.8) is 0 Å². The lowest BCUT2D eigenvalue weighted by molar-refractivity contribution is 0.102. The molecule has 5 aromatic rings. The largest absolute Gasteiger partial charge is 0.494 e. The molecule has 0 aliphatic rings. The highest BCUT2D eigenvalue weighted by molar-refractivity contribution is 7.98. The first-order valence-electron chi connectivity index (χ1n) is 12.3. The van der Waals surface area contributed by atoms with Gasteiger partial charge in [0.15, 0.2) is 0 Å². The van der Waals surface area contributed by atoms with Gasteiger partial charge in [-0.3, -0.25) is 4.79 Å². The van der Waals surface area contributed by atoms with Crippen molar-refractivity contribution < 1.29 is 13.9 Å². The van der Waals surface area contributed by atoms with Crippen molar-refractivity contribution in [3.8, 4) is 5.75 Å². The van der Waals surface area contributed by atoms with Gasteiger partial charge in [-0.15, -0.1) is 10.2 Å². The van der Waals surface area contributed by atoms with Crippen LogP contribution >= 0.6 is 11.8 Å². The summed E-state index contributed by atoms with van der Waals surface area (Å²) in [7, 11) is 0. The van der Waals surface area contributed by atoms with Crippen molar-refractivity contribution in [1.29, 1.82) is 0 Å². The number of fused-ring (bicyclic) bond motifs is 1. The van der Waals surface area contributed by atoms with Crippen LogP contribution in [0.25, 0.3) is 10.9 Å². The number of nitrogens with one attached hydrogen (secondary N) is 2. The van der Waals surface area contributed by atoms with E-state index in [4.69, 9.17) is 9.15 Å². The Morgan fingerprint density at radius 2 is 1.89 bits per heavy atom. The third kappa shape index (κ3) is 6.40. The van der Waals surface area contributed by atoms with Crippen molar-refractivity contribution >= 4 is 34.3 Å². The van der Waals surface area contributed by atoms with E-state index in [1.54, 1.807) is 6.07 Å². The number of anilines is 1. The Morgan fingerprint density at radius 1 is 1.03 bits per heavy atom. The number of carbonyl (C=O) groups is 1. The molecule has 2 aromatic heterocycles. The number of thioether (sulfide) groups is 1. The minimum atomic E-state index is -0.161. The van der Waals surface area contributed by atoms with Gasteiger partial charge < -0.3 is 19.5 Å². The number of para-hydroxylation sites is 1. The van der Waals surface area contributed by atoms with Gasteiger partial charge in [0.1, 0.15) is 5.75 Å². The average Bonchev–Trinajstić information content (AvgIpc) is 3.56. The van der Waals surface area contributed by atoms with E-state index in [1.807, 2.05) is 55.5 Å². The lowest BCUT2D eigenvalue weighted by Gasteiger charge is -2.08. The van der Waals surface area contributed by atoms with Crippen LogP contribution < -0.4 is 10.1 Å². The number of aromatic nitrogens is 3. The highest BCUT2D eigenvalue weighted by Crippen LogP contribution is 2.24. The van der Waals surface area contributed by atoms with Crippen molar-refractivity contribution in [2.45, 2.75) is 37.2 Å². The molecule has 8 heteroatoms. The summed E-state index contributed by atoms with van der Waals surface area (Å²) in [4.78, 5) is 16.0. The van der Waals surface area contributed by atoms with E-state index < -0.39 is 0 Å². The molecule has 1 amide bonds. The molecule has 2 heterocycles. The number of aryl methyl sites for hydroxylation is 2. The zero-order valence-corrected chi connectivity index (χ0v) is 21.4. The summed E-state index contributed by atoms with van der Waals surface area (Å²) in [5.41, 5.74) is 4.78. The minimum absolute atomic E-state index is 0.161. The Morgan fingerprint density at radius 3 is 2.76 bits per heavy atom. The van der Waals surface area contributed by atoms with Crippen LogP contribution in [0.5, 0.6) is 5.75 Å². The number of aromatic amines is 1. The number of nitrogens with zero attached hydrogens (tertiary/aromatic N) is 2. The first kappa shape index (κ1) is 24.6. The van der Waals surface area contributed by atoms with Crippen LogP contribution in [0.2, 0.25) is 0 Å². The van der Waals surface area contributed by atoms with E-state index in [-0.39, 0.29) is 5.91 Å². The third-order valence-corrected chi connectivity index (χ3v) is 6.82. The summed E-state index contributed by atoms with van der Waals surface area (Å²) < 4.78 is 11.3. The molecule has 0 aliphatic heterocycles. The molecular weight excluding hydrogens is 484 g/mol. The van der Waals surface area contributed by atoms with E-state index in [0.29, 0.717) is 29.0 Å². The Bertz CT molecular complexity index is 1480. The molecule has 0 unspecified atom stereocenters. The Labute approximate surface area is 219 Å². The zero-order chi connectivity index (χ0) is 25.5. The fraction of sp³-hybridized carbons (Fsp3) is 0.207. The molecule has 0 saturated carbocycles. The molecule has 0 atom stereocenters. The Hall–Kier alpha value is -4.04. The summed E-state index contributed by atoms with van der Waals surface area (Å²) in [6.45, 7) is 2.54. The molecule has 0 aliphatic carbocycles. The molecule has 0 spiro atoms. The highest BCUT2D eigenvalue weighted by atomic mass is 32.2. The van der Waals surface area contributed by atoms with Gasteiger partial charge in [0.05, 0.1) is 6.61 Å². The molecule has 37 heavy (non-hydrogen) atoms. The topological polar surface area (TPSA) is 93.0 Å². The van der Waals surface area contributed by atoms with Crippen molar-refractivity contribution in [1.82, 2.24) is 15.2 Å². The lowest BCUT2D eigenvalue weighted by atomic mass is 10.1. The Balaban J connectivity index is 1.11. The van der Waals surface area contributed by atoms with Crippen LogP contribution in [0.3, 0.4) is 0 Å². The van der Waals surface area contributed by atoms with Crippen LogP contribution in [-0.2, 0) is 18.6 Å². The summed E-state index contributed by atoms with van der Waals surface area (Å²) in [6, 6.07) is 23.2.